The van der Waals surface area contributed by atoms with Crippen molar-refractivity contribution in [3.05, 3.63) is 36.8 Å². The molecule has 0 saturated carbocycles. The molecule has 0 spiro atoms. The number of piperazine rings is 1. The fourth-order valence-corrected chi connectivity index (χ4v) is 3.46. The lowest BCUT2D eigenvalue weighted by atomic mass is 10.1. The van der Waals surface area contributed by atoms with Crippen molar-refractivity contribution in [2.75, 3.05) is 44.6 Å². The Bertz CT molecular complexity index is 976. The molecule has 146 valence electrons. The van der Waals surface area contributed by atoms with E-state index < -0.39 is 0 Å². The van der Waals surface area contributed by atoms with Gasteiger partial charge in [0.25, 0.3) is 0 Å². The van der Waals surface area contributed by atoms with Gasteiger partial charge in [-0.05, 0) is 18.2 Å². The molecule has 0 bridgehead atoms. The van der Waals surface area contributed by atoms with E-state index in [2.05, 4.69) is 37.1 Å². The van der Waals surface area contributed by atoms with E-state index in [0.717, 1.165) is 54.8 Å². The molecule has 1 N–H and O–H groups in total. The predicted octanol–water partition coefficient (Wildman–Crippen LogP) is 1.61. The highest BCUT2D eigenvalue weighted by Gasteiger charge is 2.18. The van der Waals surface area contributed by atoms with Gasteiger partial charge in [-0.2, -0.15) is 5.10 Å². The van der Waals surface area contributed by atoms with E-state index in [1.165, 1.54) is 0 Å². The minimum atomic E-state index is -0.0762. The monoisotopic (exact) mass is 379 g/mol. The molecule has 1 fully saturated rings. The number of aromatic nitrogens is 4. The molecule has 0 unspecified atom stereocenters. The number of likely N-dealkylation sites (N-methyl/N-ethyl adjacent to an activating group) is 1. The lowest BCUT2D eigenvalue weighted by molar-refractivity contribution is -0.117. The van der Waals surface area contributed by atoms with Gasteiger partial charge in [-0.1, -0.05) is 19.1 Å². The number of carbonyl (C=O) groups excluding carboxylic acids is 1. The third-order valence-corrected chi connectivity index (χ3v) is 5.15. The molecule has 1 amide bonds. The molecule has 1 aliphatic heterocycles. The summed E-state index contributed by atoms with van der Waals surface area (Å²) in [5.41, 5.74) is 2.86. The summed E-state index contributed by atoms with van der Waals surface area (Å²) in [7, 11) is 1.89. The highest BCUT2D eigenvalue weighted by atomic mass is 16.2. The van der Waals surface area contributed by atoms with Crippen LogP contribution in [0.2, 0.25) is 0 Å². The van der Waals surface area contributed by atoms with E-state index in [1.807, 2.05) is 37.6 Å². The van der Waals surface area contributed by atoms with Crippen LogP contribution in [-0.2, 0) is 11.8 Å². The Morgan fingerprint density at radius 1 is 1.11 bits per heavy atom. The fraction of sp³-hybridized carbons (Fsp3) is 0.400. The molecule has 1 saturated heterocycles. The third kappa shape index (κ3) is 4.18. The van der Waals surface area contributed by atoms with Gasteiger partial charge in [0, 0.05) is 56.6 Å². The number of amides is 1. The maximum atomic E-state index is 12.4. The van der Waals surface area contributed by atoms with E-state index in [9.17, 15) is 4.79 Å². The highest BCUT2D eigenvalue weighted by Crippen LogP contribution is 2.23. The molecular formula is C20H25N7O. The van der Waals surface area contributed by atoms with Gasteiger partial charge in [-0.15, -0.1) is 0 Å². The van der Waals surface area contributed by atoms with Crippen molar-refractivity contribution >= 4 is 22.8 Å². The number of carbonyl (C=O) groups is 1. The number of anilines is 1. The number of nitrogens with zero attached hydrogens (tertiary/aromatic N) is 6. The van der Waals surface area contributed by atoms with Crippen molar-refractivity contribution in [3.8, 4) is 11.1 Å². The summed E-state index contributed by atoms with van der Waals surface area (Å²) in [6.45, 7) is 7.43. The topological polar surface area (TPSA) is 79.2 Å². The summed E-state index contributed by atoms with van der Waals surface area (Å²) in [6.07, 6.45) is 5.53. The van der Waals surface area contributed by atoms with E-state index in [4.69, 9.17) is 0 Å². The highest BCUT2D eigenvalue weighted by molar-refractivity contribution is 5.92. The van der Waals surface area contributed by atoms with Gasteiger partial charge in [0.05, 0.1) is 18.3 Å². The van der Waals surface area contributed by atoms with Crippen molar-refractivity contribution in [2.24, 2.45) is 7.05 Å². The quantitative estimate of drug-likeness (QED) is 0.726. The Labute approximate surface area is 164 Å². The summed E-state index contributed by atoms with van der Waals surface area (Å²) in [5, 5.41) is 7.98. The molecule has 8 heteroatoms. The first-order chi connectivity index (χ1) is 13.6. The molecule has 1 aliphatic rings. The van der Waals surface area contributed by atoms with E-state index in [-0.39, 0.29) is 5.91 Å². The Morgan fingerprint density at radius 3 is 2.61 bits per heavy atom. The molecule has 0 atom stereocenters. The van der Waals surface area contributed by atoms with Crippen LogP contribution in [-0.4, -0.2) is 74.7 Å². The van der Waals surface area contributed by atoms with Gasteiger partial charge in [0.2, 0.25) is 11.9 Å². The van der Waals surface area contributed by atoms with Crippen LogP contribution < -0.4 is 5.32 Å². The molecule has 3 aromatic rings. The van der Waals surface area contributed by atoms with Crippen LogP contribution in [0, 0.1) is 0 Å². The van der Waals surface area contributed by atoms with Crippen molar-refractivity contribution in [3.63, 3.8) is 0 Å². The van der Waals surface area contributed by atoms with Crippen LogP contribution in [0.4, 0.5) is 5.95 Å². The van der Waals surface area contributed by atoms with E-state index in [0.29, 0.717) is 12.5 Å². The second kappa shape index (κ2) is 8.04. The van der Waals surface area contributed by atoms with Crippen LogP contribution >= 0.6 is 0 Å². The SMILES string of the molecule is CCN1CCN(CC(=O)Nc2ncc3ccc(-c4cnn(C)c4)cc3n2)CC1. The maximum Gasteiger partial charge on any atom is 0.240 e. The van der Waals surface area contributed by atoms with Crippen LogP contribution in [0.1, 0.15) is 6.92 Å². The summed E-state index contributed by atoms with van der Waals surface area (Å²) in [6, 6.07) is 6.00. The Kier molecular flexibility index (Phi) is 5.31. The zero-order valence-electron chi connectivity index (χ0n) is 16.3. The lowest BCUT2D eigenvalue weighted by Crippen LogP contribution is -2.48. The van der Waals surface area contributed by atoms with Gasteiger partial charge in [0.1, 0.15) is 0 Å². The van der Waals surface area contributed by atoms with Gasteiger partial charge in [0.15, 0.2) is 0 Å². The number of hydrogen-bond acceptors (Lipinski definition) is 6. The summed E-state index contributed by atoms with van der Waals surface area (Å²) in [4.78, 5) is 25.8. The average molecular weight is 379 g/mol. The van der Waals surface area contributed by atoms with Gasteiger partial charge in [-0.3, -0.25) is 19.7 Å². The van der Waals surface area contributed by atoms with Crippen molar-refractivity contribution in [1.82, 2.24) is 29.5 Å². The first-order valence-corrected chi connectivity index (χ1v) is 9.61. The van der Waals surface area contributed by atoms with Crippen LogP contribution in [0.15, 0.2) is 36.8 Å². The molecular weight excluding hydrogens is 354 g/mol. The zero-order chi connectivity index (χ0) is 19.5. The molecule has 28 heavy (non-hydrogen) atoms. The Balaban J connectivity index is 1.44. The van der Waals surface area contributed by atoms with Gasteiger partial charge >= 0.3 is 0 Å². The second-order valence-corrected chi connectivity index (χ2v) is 7.13. The molecule has 2 aromatic heterocycles. The Morgan fingerprint density at radius 2 is 1.89 bits per heavy atom. The predicted molar refractivity (Wildman–Crippen MR) is 109 cm³/mol. The van der Waals surface area contributed by atoms with Crippen molar-refractivity contribution < 1.29 is 4.79 Å². The summed E-state index contributed by atoms with van der Waals surface area (Å²) >= 11 is 0. The minimum absolute atomic E-state index is 0.0762. The first-order valence-electron chi connectivity index (χ1n) is 9.61. The number of benzene rings is 1. The number of rotatable bonds is 5. The normalized spacial score (nSPS) is 15.8. The number of nitrogens with one attached hydrogen (secondary N) is 1. The van der Waals surface area contributed by atoms with Crippen molar-refractivity contribution in [1.29, 1.82) is 0 Å². The zero-order valence-corrected chi connectivity index (χ0v) is 16.3. The number of aryl methyl sites for hydroxylation is 1. The molecule has 0 aliphatic carbocycles. The first kappa shape index (κ1) is 18.5. The second-order valence-electron chi connectivity index (χ2n) is 7.13. The smallest absolute Gasteiger partial charge is 0.240 e. The standard InChI is InChI=1S/C20H25N7O/c1-3-26-6-8-27(9-7-26)14-19(28)24-20-21-11-16-5-4-15(10-18(16)23-20)17-12-22-25(2)13-17/h4-5,10-13H,3,6-9,14H2,1-2H3,(H,21,23,24,28). The third-order valence-electron chi connectivity index (χ3n) is 5.15. The Hall–Kier alpha value is -2.84. The minimum Gasteiger partial charge on any atom is -0.301 e. The fourth-order valence-electron chi connectivity index (χ4n) is 3.46. The largest absolute Gasteiger partial charge is 0.301 e. The summed E-state index contributed by atoms with van der Waals surface area (Å²) in [5.74, 6) is 0.265. The molecule has 0 radical (unpaired) electrons. The van der Waals surface area contributed by atoms with Gasteiger partial charge < -0.3 is 4.90 Å². The van der Waals surface area contributed by atoms with Crippen molar-refractivity contribution in [2.45, 2.75) is 6.92 Å². The lowest BCUT2D eigenvalue weighted by Gasteiger charge is -2.33. The maximum absolute atomic E-state index is 12.4. The van der Waals surface area contributed by atoms with Crippen LogP contribution in [0.25, 0.3) is 22.0 Å². The number of hydrogen-bond donors (Lipinski definition) is 1. The van der Waals surface area contributed by atoms with Gasteiger partial charge in [-0.25, -0.2) is 9.97 Å². The average Bonchev–Trinajstić information content (AvgIpc) is 3.14. The molecule has 4 rings (SSSR count). The summed E-state index contributed by atoms with van der Waals surface area (Å²) < 4.78 is 1.77. The van der Waals surface area contributed by atoms with E-state index in [1.54, 1.807) is 10.9 Å². The van der Waals surface area contributed by atoms with Crippen LogP contribution in [0.5, 0.6) is 0 Å². The molecule has 1 aromatic carbocycles. The van der Waals surface area contributed by atoms with E-state index >= 15 is 0 Å². The molecule has 8 nitrogen and oxygen atoms in total. The molecule has 3 heterocycles. The number of fused-ring (bicyclic) bond motifs is 1. The van der Waals surface area contributed by atoms with Crippen LogP contribution in [0.3, 0.4) is 0 Å².